The molecule has 2 atom stereocenters. The van der Waals surface area contributed by atoms with Crippen LogP contribution in [0.2, 0.25) is 0 Å². The van der Waals surface area contributed by atoms with Crippen molar-refractivity contribution in [3.8, 4) is 0 Å². The minimum atomic E-state index is -4.39. The van der Waals surface area contributed by atoms with Gasteiger partial charge in [0.15, 0.2) is 5.25 Å². The van der Waals surface area contributed by atoms with Crippen LogP contribution in [-0.4, -0.2) is 43.9 Å². The highest BCUT2D eigenvalue weighted by Crippen LogP contribution is 2.17. The number of esters is 1. The lowest BCUT2D eigenvalue weighted by atomic mass is 10.0. The lowest BCUT2D eigenvalue weighted by Gasteiger charge is -2.17. The Balaban J connectivity index is 4.59. The Bertz CT molecular complexity index is 502. The average Bonchev–Trinajstić information content (AvgIpc) is 2.59. The molecule has 7 nitrogen and oxygen atoms in total. The van der Waals surface area contributed by atoms with Crippen LogP contribution in [0.3, 0.4) is 0 Å². The average molecular weight is 395 g/mol. The van der Waals surface area contributed by atoms with Crippen molar-refractivity contribution >= 4 is 22.1 Å². The summed E-state index contributed by atoms with van der Waals surface area (Å²) >= 11 is 0. The molecule has 0 aliphatic rings. The van der Waals surface area contributed by atoms with Gasteiger partial charge in [-0.3, -0.25) is 13.8 Å². The van der Waals surface area contributed by atoms with E-state index in [1.54, 1.807) is 0 Å². The summed E-state index contributed by atoms with van der Waals surface area (Å²) in [5.74, 6) is -2.39. The molecule has 0 aliphatic heterocycles. The number of rotatable bonds is 16. The molecule has 0 bridgehead atoms. The molecule has 0 aromatic rings. The van der Waals surface area contributed by atoms with E-state index in [1.807, 2.05) is 13.8 Å². The van der Waals surface area contributed by atoms with Crippen molar-refractivity contribution in [2.45, 2.75) is 83.8 Å². The zero-order valence-electron chi connectivity index (χ0n) is 16.2. The summed E-state index contributed by atoms with van der Waals surface area (Å²) in [6, 6.07) is 0. The summed E-state index contributed by atoms with van der Waals surface area (Å²) in [5, 5.41) is 7.26. The third-order valence-corrected chi connectivity index (χ3v) is 5.78. The minimum absolute atomic E-state index is 0.0460. The van der Waals surface area contributed by atoms with E-state index in [4.69, 9.17) is 8.92 Å². The van der Waals surface area contributed by atoms with Gasteiger partial charge in [-0.1, -0.05) is 59.3 Å². The van der Waals surface area contributed by atoms with Gasteiger partial charge in [-0.25, -0.2) is 0 Å². The van der Waals surface area contributed by atoms with Gasteiger partial charge < -0.3 is 9.84 Å². The molecule has 0 saturated heterocycles. The predicted octanol–water partition coefficient (Wildman–Crippen LogP) is 3.52. The van der Waals surface area contributed by atoms with Crippen molar-refractivity contribution < 1.29 is 32.0 Å². The summed E-state index contributed by atoms with van der Waals surface area (Å²) < 4.78 is 34.3. The molecule has 8 heteroatoms. The number of unbranched alkanes of at least 4 members (excludes halogenated alkanes) is 4. The fourth-order valence-corrected chi connectivity index (χ4v) is 3.54. The van der Waals surface area contributed by atoms with Crippen LogP contribution in [-0.2, 0) is 28.6 Å². The second kappa shape index (κ2) is 14.0. The first-order valence-electron chi connectivity index (χ1n) is 9.55. The van der Waals surface area contributed by atoms with Gasteiger partial charge in [0.25, 0.3) is 10.1 Å². The molecule has 0 rings (SSSR count). The van der Waals surface area contributed by atoms with E-state index >= 15 is 0 Å². The fraction of sp³-hybridized carbons (Fsp3) is 0.889. The number of carbonyl (C=O) groups is 2. The Labute approximate surface area is 157 Å². The van der Waals surface area contributed by atoms with Gasteiger partial charge >= 0.3 is 11.9 Å². The zero-order valence-corrected chi connectivity index (χ0v) is 17.1. The quantitative estimate of drug-likeness (QED) is 0.242. The van der Waals surface area contributed by atoms with E-state index in [9.17, 15) is 23.1 Å². The van der Waals surface area contributed by atoms with Crippen LogP contribution in [0.5, 0.6) is 0 Å². The van der Waals surface area contributed by atoms with E-state index in [2.05, 4.69) is 6.92 Å². The van der Waals surface area contributed by atoms with Crippen LogP contribution in [0, 0.1) is 5.92 Å². The summed E-state index contributed by atoms with van der Waals surface area (Å²) in [4.78, 5) is 23.1. The highest BCUT2D eigenvalue weighted by molar-refractivity contribution is 7.88. The molecule has 154 valence electrons. The molecule has 2 unspecified atom stereocenters. The third kappa shape index (κ3) is 10.8. The molecule has 26 heavy (non-hydrogen) atoms. The monoisotopic (exact) mass is 394 g/mol. The maximum absolute atomic E-state index is 12.2. The van der Waals surface area contributed by atoms with E-state index in [0.717, 1.165) is 44.9 Å². The summed E-state index contributed by atoms with van der Waals surface area (Å²) in [6.45, 7) is 6.13. The van der Waals surface area contributed by atoms with Crippen LogP contribution in [0.25, 0.3) is 0 Å². The molecule has 0 saturated carbocycles. The third-order valence-electron chi connectivity index (χ3n) is 4.25. The topological polar surface area (TPSA) is 107 Å². The van der Waals surface area contributed by atoms with Crippen molar-refractivity contribution in [3.63, 3.8) is 0 Å². The Kier molecular flexibility index (Phi) is 13.4. The van der Waals surface area contributed by atoms with Gasteiger partial charge in [-0.2, -0.15) is 8.42 Å². The first-order valence-corrected chi connectivity index (χ1v) is 11.0. The van der Waals surface area contributed by atoms with E-state index in [-0.39, 0.29) is 19.1 Å². The van der Waals surface area contributed by atoms with Crippen molar-refractivity contribution in [2.75, 3.05) is 13.2 Å². The Morgan fingerprint density at radius 3 is 2.19 bits per heavy atom. The molecule has 0 aromatic carbocycles. The largest absolute Gasteiger partial charge is 0.480 e. The summed E-state index contributed by atoms with van der Waals surface area (Å²) in [6.07, 6.45) is 6.42. The number of carbonyl (C=O) groups excluding carboxylic acids is 1. The summed E-state index contributed by atoms with van der Waals surface area (Å²) in [7, 11) is -4.39. The maximum Gasteiger partial charge on any atom is 0.325 e. The van der Waals surface area contributed by atoms with Gasteiger partial charge in [0.1, 0.15) is 0 Å². The van der Waals surface area contributed by atoms with Gasteiger partial charge in [0, 0.05) is 0 Å². The number of carboxylic acid groups (broad SMARTS) is 1. The molecule has 0 spiro atoms. The van der Waals surface area contributed by atoms with Gasteiger partial charge in [-0.15, -0.1) is 0 Å². The van der Waals surface area contributed by atoms with Gasteiger partial charge in [0.2, 0.25) is 0 Å². The van der Waals surface area contributed by atoms with Crippen LogP contribution in [0.15, 0.2) is 0 Å². The van der Waals surface area contributed by atoms with Crippen LogP contribution in [0.1, 0.15) is 78.6 Å². The van der Waals surface area contributed by atoms with Crippen molar-refractivity contribution in [2.24, 2.45) is 5.92 Å². The molecule has 0 amide bonds. The van der Waals surface area contributed by atoms with Crippen LogP contribution < -0.4 is 0 Å². The Hall–Kier alpha value is -1.15. The number of hydrogen-bond acceptors (Lipinski definition) is 6. The van der Waals surface area contributed by atoms with Gasteiger partial charge in [0.05, 0.1) is 19.6 Å². The minimum Gasteiger partial charge on any atom is -0.480 e. The van der Waals surface area contributed by atoms with E-state index < -0.39 is 33.7 Å². The lowest BCUT2D eigenvalue weighted by molar-refractivity contribution is -0.147. The SMILES string of the molecule is CCCCCCOC(=O)CC(C(=O)O)S(=O)(=O)OCC(CC)CCCC. The molecular weight excluding hydrogens is 360 g/mol. The van der Waals surface area contributed by atoms with Crippen molar-refractivity contribution in [3.05, 3.63) is 0 Å². The van der Waals surface area contributed by atoms with E-state index in [1.165, 1.54) is 0 Å². The molecule has 0 aromatic heterocycles. The molecule has 0 fully saturated rings. The lowest BCUT2D eigenvalue weighted by Crippen LogP contribution is -2.35. The summed E-state index contributed by atoms with van der Waals surface area (Å²) in [5.41, 5.74) is 0. The highest BCUT2D eigenvalue weighted by Gasteiger charge is 2.36. The predicted molar refractivity (Wildman–Crippen MR) is 99.3 cm³/mol. The zero-order chi connectivity index (χ0) is 20.0. The Morgan fingerprint density at radius 2 is 1.65 bits per heavy atom. The second-order valence-corrected chi connectivity index (χ2v) is 8.30. The van der Waals surface area contributed by atoms with Crippen LogP contribution in [0.4, 0.5) is 0 Å². The molecular formula is C18H34O7S. The first kappa shape index (κ1) is 24.8. The van der Waals surface area contributed by atoms with Crippen molar-refractivity contribution in [1.82, 2.24) is 0 Å². The van der Waals surface area contributed by atoms with Gasteiger partial charge in [-0.05, 0) is 18.8 Å². The van der Waals surface area contributed by atoms with E-state index in [0.29, 0.717) is 6.42 Å². The first-order chi connectivity index (χ1) is 12.3. The smallest absolute Gasteiger partial charge is 0.325 e. The number of aliphatic carboxylic acids is 1. The second-order valence-electron chi connectivity index (χ2n) is 6.51. The molecule has 1 N–H and O–H groups in total. The fourth-order valence-electron chi connectivity index (χ4n) is 2.41. The normalized spacial score (nSPS) is 14.0. The molecule has 0 heterocycles. The Morgan fingerprint density at radius 1 is 1.00 bits per heavy atom. The molecule has 0 aliphatic carbocycles. The molecule has 0 radical (unpaired) electrons. The van der Waals surface area contributed by atoms with Crippen LogP contribution >= 0.6 is 0 Å². The number of carboxylic acids is 1. The highest BCUT2D eigenvalue weighted by atomic mass is 32.2. The maximum atomic E-state index is 12.2. The van der Waals surface area contributed by atoms with Crippen molar-refractivity contribution in [1.29, 1.82) is 0 Å². The standard InChI is InChI=1S/C18H34O7S/c1-4-7-9-10-12-24-17(19)13-16(18(20)21)26(22,23)25-14-15(6-3)11-8-5-2/h15-16H,4-14H2,1-3H3,(H,20,21). The number of hydrogen-bond donors (Lipinski definition) is 1. The number of ether oxygens (including phenoxy) is 1.